The van der Waals surface area contributed by atoms with Gasteiger partial charge < -0.3 is 62.2 Å². The van der Waals surface area contributed by atoms with Crippen LogP contribution in [0.5, 0.6) is 0 Å². The molecule has 3 aliphatic rings. The van der Waals surface area contributed by atoms with E-state index >= 15 is 0 Å². The summed E-state index contributed by atoms with van der Waals surface area (Å²) in [4.78, 5) is 64.8. The molecule has 22 nitrogen and oxygen atoms in total. The summed E-state index contributed by atoms with van der Waals surface area (Å²) in [5.41, 5.74) is 0. The van der Waals surface area contributed by atoms with Gasteiger partial charge >= 0.3 is 7.82 Å². The minimum Gasteiger partial charge on any atom is -0.756 e. The van der Waals surface area contributed by atoms with Gasteiger partial charge in [-0.15, -0.1) is 0 Å². The number of aliphatic hydroxyl groups is 1. The molecule has 0 aromatic heterocycles. The molecule has 46 heavy (non-hydrogen) atoms. The number of phosphoric ester groups is 3. The first-order chi connectivity index (χ1) is 21.0. The standard InChI is InChI=1S/C17H33BFO22P5/c1-9-2-11(20)14(35-9)6-32-43(24,25)38-12-3-10(5-19)36-15(12)7-33-44(26,27)39-13-4-17(18)37-16(13)8-34-45(28,29)41-46(30,31)40-42(21,22)23/h9-17,20H,2-8H2,1H3,(H,24,25)(H,26,27)(H,28,29)(H,30,31)(H2,21,22,23)/p-4/t9-,10+,11-,12-,13-,14+,15+,16+,17+/m0/s1. The van der Waals surface area contributed by atoms with Crippen molar-refractivity contribution in [2.24, 2.45) is 0 Å². The monoisotopic (exact) mass is 770 g/mol. The van der Waals surface area contributed by atoms with Gasteiger partial charge in [0, 0.05) is 18.8 Å². The number of ether oxygens (including phenoxy) is 3. The number of halogens is 1. The zero-order chi connectivity index (χ0) is 34.7. The van der Waals surface area contributed by atoms with Gasteiger partial charge in [0.15, 0.2) is 0 Å². The van der Waals surface area contributed by atoms with Crippen molar-refractivity contribution in [1.29, 1.82) is 0 Å². The Balaban J connectivity index is 1.54. The summed E-state index contributed by atoms with van der Waals surface area (Å²) >= 11 is 0. The van der Waals surface area contributed by atoms with Crippen molar-refractivity contribution in [3.05, 3.63) is 0 Å². The lowest BCUT2D eigenvalue weighted by atomic mass is 9.96. The number of alkyl halides is 1. The predicted molar refractivity (Wildman–Crippen MR) is 135 cm³/mol. The van der Waals surface area contributed by atoms with Crippen LogP contribution in [0.4, 0.5) is 4.39 Å². The van der Waals surface area contributed by atoms with E-state index in [2.05, 4.69) is 13.1 Å². The number of rotatable bonds is 18. The van der Waals surface area contributed by atoms with E-state index in [4.69, 9.17) is 45.0 Å². The van der Waals surface area contributed by atoms with Crippen molar-refractivity contribution >= 4 is 47.0 Å². The van der Waals surface area contributed by atoms with Crippen LogP contribution in [0.2, 0.25) is 0 Å². The van der Waals surface area contributed by atoms with Gasteiger partial charge in [-0.3, -0.25) is 27.3 Å². The predicted octanol–water partition coefficient (Wildman–Crippen LogP) is -2.25. The van der Waals surface area contributed by atoms with Crippen LogP contribution >= 0.6 is 39.1 Å². The summed E-state index contributed by atoms with van der Waals surface area (Å²) in [6.07, 6.45) is -10.0. The van der Waals surface area contributed by atoms with Crippen molar-refractivity contribution in [3.63, 3.8) is 0 Å². The first kappa shape index (κ1) is 40.9. The Morgan fingerprint density at radius 3 is 1.89 bits per heavy atom. The highest BCUT2D eigenvalue weighted by Crippen LogP contribution is 2.61. The Hall–Kier alpha value is 0.465. The second-order valence-electron chi connectivity index (χ2n) is 10.0. The average molecular weight is 770 g/mol. The van der Waals surface area contributed by atoms with E-state index in [0.717, 1.165) is 0 Å². The molecule has 29 heteroatoms. The lowest BCUT2D eigenvalue weighted by Crippen LogP contribution is -2.33. The molecule has 0 aliphatic carbocycles. The number of phosphoric acid groups is 5. The lowest BCUT2D eigenvalue weighted by molar-refractivity contribution is -0.250. The molecule has 3 N–H and O–H groups in total. The molecule has 0 aromatic carbocycles. The molecule has 0 saturated carbocycles. The third kappa shape index (κ3) is 13.6. The minimum absolute atomic E-state index is 0.260. The van der Waals surface area contributed by atoms with E-state index in [0.29, 0.717) is 0 Å². The fraction of sp³-hybridized carbons (Fsp3) is 1.00. The molecule has 0 bridgehead atoms. The van der Waals surface area contributed by atoms with Crippen LogP contribution in [0, 0.1) is 0 Å². The molecule has 3 saturated heterocycles. The summed E-state index contributed by atoms with van der Waals surface area (Å²) in [6.45, 7) is -2.10. The number of hydrogen-bond donors (Lipinski definition) is 3. The van der Waals surface area contributed by atoms with Crippen LogP contribution in [-0.2, 0) is 68.3 Å². The maximum atomic E-state index is 13.3. The maximum absolute atomic E-state index is 13.3. The third-order valence-corrected chi connectivity index (χ3v) is 11.9. The highest BCUT2D eigenvalue weighted by molar-refractivity contribution is 7.65. The summed E-state index contributed by atoms with van der Waals surface area (Å²) in [5.74, 6) is 0. The van der Waals surface area contributed by atoms with Crippen molar-refractivity contribution < 1.29 is 107 Å². The molecular formula is C17H29BFO22P5-4. The Labute approximate surface area is 261 Å². The Kier molecular flexibility index (Phi) is 14.4. The van der Waals surface area contributed by atoms with Gasteiger partial charge in [0.25, 0.3) is 31.3 Å². The number of hydrogen-bond acceptors (Lipinski definition) is 20. The third-order valence-electron chi connectivity index (χ3n) is 6.22. The van der Waals surface area contributed by atoms with Crippen LogP contribution < -0.4 is 19.6 Å². The molecule has 3 rings (SSSR count). The molecule has 2 radical (unpaired) electrons. The molecule has 3 heterocycles. The van der Waals surface area contributed by atoms with Crippen molar-refractivity contribution in [3.8, 4) is 0 Å². The van der Waals surface area contributed by atoms with Crippen molar-refractivity contribution in [2.75, 3.05) is 26.5 Å². The molecule has 14 atom stereocenters. The van der Waals surface area contributed by atoms with Crippen LogP contribution in [0.25, 0.3) is 0 Å². The van der Waals surface area contributed by atoms with Crippen LogP contribution in [0.1, 0.15) is 26.2 Å². The smallest absolute Gasteiger partial charge is 0.472 e. The van der Waals surface area contributed by atoms with E-state index in [-0.39, 0.29) is 18.9 Å². The molecule has 0 spiro atoms. The Morgan fingerprint density at radius 2 is 1.33 bits per heavy atom. The van der Waals surface area contributed by atoms with Gasteiger partial charge in [-0.1, -0.05) is 0 Å². The second kappa shape index (κ2) is 16.2. The zero-order valence-electron chi connectivity index (χ0n) is 23.4. The van der Waals surface area contributed by atoms with Gasteiger partial charge in [0.2, 0.25) is 0 Å². The summed E-state index contributed by atoms with van der Waals surface area (Å²) < 4.78 is 118. The summed E-state index contributed by atoms with van der Waals surface area (Å²) in [5, 5.41) is 9.90. The summed E-state index contributed by atoms with van der Waals surface area (Å²) in [7, 11) is -22.8. The van der Waals surface area contributed by atoms with Gasteiger partial charge in [-0.05, 0) is 13.3 Å². The van der Waals surface area contributed by atoms with Gasteiger partial charge in [-0.2, -0.15) is 0 Å². The molecular weight excluding hydrogens is 741 g/mol. The molecule has 0 amide bonds. The van der Waals surface area contributed by atoms with Crippen molar-refractivity contribution in [2.45, 2.75) is 81.0 Å². The van der Waals surface area contributed by atoms with Gasteiger partial charge in [0.1, 0.15) is 38.9 Å². The van der Waals surface area contributed by atoms with Crippen LogP contribution in [-0.4, -0.2) is 104 Å². The molecule has 3 fully saturated rings. The topological polar surface area (TPSA) is 331 Å². The van der Waals surface area contributed by atoms with Crippen molar-refractivity contribution in [1.82, 2.24) is 0 Å². The first-order valence-corrected chi connectivity index (χ1v) is 20.3. The highest BCUT2D eigenvalue weighted by atomic mass is 31.3. The SMILES string of the molecule is [B][C@H]1C[C@H](OP(=O)([O-])OC[C@H]2O[C@@H](CF)C[C@@H]2OP(=O)(O)OC[C@H]2O[C@@H](C)C[C@@H]2O)[C@@H](COP(=O)([O-])OP(=O)([O-])OP(=O)([O-])O)O1. The first-order valence-electron chi connectivity index (χ1n) is 13.0. The Bertz CT molecular complexity index is 1270. The largest absolute Gasteiger partial charge is 0.756 e. The minimum atomic E-state index is -6.21. The second-order valence-corrected chi connectivity index (χ2v) is 17.1. The Morgan fingerprint density at radius 1 is 0.761 bits per heavy atom. The van der Waals surface area contributed by atoms with E-state index in [1.54, 1.807) is 6.92 Å². The van der Waals surface area contributed by atoms with E-state index in [1.165, 1.54) is 0 Å². The van der Waals surface area contributed by atoms with E-state index in [9.17, 15) is 56.8 Å². The van der Waals surface area contributed by atoms with Gasteiger partial charge in [-0.25, -0.2) is 17.6 Å². The highest BCUT2D eigenvalue weighted by Gasteiger charge is 2.43. The molecule has 268 valence electrons. The molecule has 3 aliphatic heterocycles. The summed E-state index contributed by atoms with van der Waals surface area (Å²) in [6, 6.07) is -1.26. The molecule has 0 aromatic rings. The quantitative estimate of drug-likeness (QED) is 0.0979. The van der Waals surface area contributed by atoms with Gasteiger partial charge in [0.05, 0.1) is 44.2 Å². The van der Waals surface area contributed by atoms with E-state index in [1.807, 2.05) is 0 Å². The molecule has 5 unspecified atom stereocenters. The average Bonchev–Trinajstić information content (AvgIpc) is 3.52. The lowest BCUT2D eigenvalue weighted by Gasteiger charge is -2.33. The maximum Gasteiger partial charge on any atom is 0.472 e. The van der Waals surface area contributed by atoms with Crippen LogP contribution in [0.3, 0.4) is 0 Å². The number of aliphatic hydroxyl groups excluding tert-OH is 1. The zero-order valence-corrected chi connectivity index (χ0v) is 27.9. The fourth-order valence-electron chi connectivity index (χ4n) is 4.43. The van der Waals surface area contributed by atoms with E-state index < -0.39 is 121 Å². The van der Waals surface area contributed by atoms with Crippen LogP contribution in [0.15, 0.2) is 0 Å². The fourth-order valence-corrected chi connectivity index (χ4v) is 9.23. The normalized spacial score (nSPS) is 38.4.